The largest absolute Gasteiger partial charge is 0.488 e. The van der Waals surface area contributed by atoms with E-state index in [1.807, 2.05) is 0 Å². The molecule has 1 aliphatic rings. The Kier molecular flexibility index (Phi) is 1.38. The number of piperazine rings is 1. The molecule has 0 aliphatic carbocycles. The van der Waals surface area contributed by atoms with E-state index in [9.17, 15) is 0 Å². The van der Waals surface area contributed by atoms with Crippen LogP contribution in [0.15, 0.2) is 24.3 Å². The van der Waals surface area contributed by atoms with Crippen molar-refractivity contribution in [2.24, 2.45) is 0 Å². The molecule has 0 saturated carbocycles. The van der Waals surface area contributed by atoms with Crippen molar-refractivity contribution in [1.29, 1.82) is 0 Å². The fourth-order valence-electron chi connectivity index (χ4n) is 1.15. The summed E-state index contributed by atoms with van der Waals surface area (Å²) in [5.74, 6) is 0. The molecule has 1 heterocycles. The molecule has 15 heavy (non-hydrogen) atoms. The first-order valence-corrected chi connectivity index (χ1v) is 4.30. The van der Waals surface area contributed by atoms with Gasteiger partial charge in [-0.1, -0.05) is 12.1 Å². The predicted octanol–water partition coefficient (Wildman–Crippen LogP) is -1.22. The summed E-state index contributed by atoms with van der Waals surface area (Å²) >= 11 is 0. The molecule has 0 bridgehead atoms. The Morgan fingerprint density at radius 3 is 2.33 bits per heavy atom. The van der Waals surface area contributed by atoms with Crippen LogP contribution >= 0.6 is 0 Å². The Hall–Kier alpha value is -1.04. The Bertz CT molecular complexity index is 569. The van der Waals surface area contributed by atoms with Gasteiger partial charge in [-0.05, 0) is 17.6 Å². The zero-order valence-corrected chi connectivity index (χ0v) is 7.73. The SMILES string of the molecule is [2H]C1([2H])NC([2H])([2H])C([2H])([2H])N(c2ccc(B(O)O)cc2)C1([2H])[2H]. The van der Waals surface area contributed by atoms with E-state index < -0.39 is 33.1 Å². The summed E-state index contributed by atoms with van der Waals surface area (Å²) < 4.78 is 62.6. The molecule has 4 nitrogen and oxygen atoms in total. The molecule has 0 unspecified atom stereocenters. The van der Waals surface area contributed by atoms with Gasteiger partial charge in [0, 0.05) is 37.2 Å². The van der Waals surface area contributed by atoms with Gasteiger partial charge in [0.1, 0.15) is 0 Å². The maximum Gasteiger partial charge on any atom is 0.488 e. The number of hydrogen-bond donors (Lipinski definition) is 3. The van der Waals surface area contributed by atoms with Gasteiger partial charge in [0.15, 0.2) is 0 Å². The highest BCUT2D eigenvalue weighted by molar-refractivity contribution is 6.58. The zero-order valence-electron chi connectivity index (χ0n) is 15.7. The second-order valence-corrected chi connectivity index (χ2v) is 2.90. The first-order chi connectivity index (χ1) is 10.2. The van der Waals surface area contributed by atoms with Crippen molar-refractivity contribution in [3.05, 3.63) is 24.3 Å². The van der Waals surface area contributed by atoms with E-state index in [1.165, 1.54) is 24.3 Å². The predicted molar refractivity (Wildman–Crippen MR) is 61.4 cm³/mol. The van der Waals surface area contributed by atoms with Crippen molar-refractivity contribution in [3.8, 4) is 0 Å². The lowest BCUT2D eigenvalue weighted by Gasteiger charge is -2.29. The summed E-state index contributed by atoms with van der Waals surface area (Å²) in [5, 5.41) is 19.9. The quantitative estimate of drug-likeness (QED) is 0.540. The highest BCUT2D eigenvalue weighted by Gasteiger charge is 2.13. The van der Waals surface area contributed by atoms with Crippen LogP contribution in [0.4, 0.5) is 5.69 Å². The average molecular weight is 214 g/mol. The van der Waals surface area contributed by atoms with Gasteiger partial charge < -0.3 is 20.3 Å². The van der Waals surface area contributed by atoms with Crippen molar-refractivity contribution >= 4 is 18.3 Å². The third-order valence-electron chi connectivity index (χ3n) is 1.91. The van der Waals surface area contributed by atoms with Crippen LogP contribution in [0.1, 0.15) is 11.0 Å². The highest BCUT2D eigenvalue weighted by atomic mass is 16.4. The minimum atomic E-state index is -2.92. The van der Waals surface area contributed by atoms with Crippen LogP contribution in [0.2, 0.25) is 0 Å². The number of hydrogen-bond acceptors (Lipinski definition) is 4. The summed E-state index contributed by atoms with van der Waals surface area (Å²) in [6.45, 7) is -11.6. The van der Waals surface area contributed by atoms with Crippen molar-refractivity contribution in [3.63, 3.8) is 0 Å². The summed E-state index contributed by atoms with van der Waals surface area (Å²) in [6.07, 6.45) is 0. The first kappa shape index (κ1) is 4.45. The molecule has 1 aromatic rings. The van der Waals surface area contributed by atoms with Crippen LogP contribution in [-0.4, -0.2) is 43.2 Å². The van der Waals surface area contributed by atoms with Crippen molar-refractivity contribution in [2.45, 2.75) is 0 Å². The van der Waals surface area contributed by atoms with Gasteiger partial charge in [-0.3, -0.25) is 0 Å². The van der Waals surface area contributed by atoms with Gasteiger partial charge in [0.2, 0.25) is 0 Å². The number of rotatable bonds is 2. The normalized spacial score (nSPS) is 37.9. The summed E-state index contributed by atoms with van der Waals surface area (Å²) in [7, 11) is -1.77. The Labute approximate surface area is 101 Å². The molecule has 5 heteroatoms. The smallest absolute Gasteiger partial charge is 0.423 e. The molecule has 1 aliphatic heterocycles. The average Bonchev–Trinajstić information content (AvgIpc) is 2.36. The maximum atomic E-state index is 9.06. The Balaban J connectivity index is 2.59. The Morgan fingerprint density at radius 1 is 1.20 bits per heavy atom. The second-order valence-electron chi connectivity index (χ2n) is 2.90. The van der Waals surface area contributed by atoms with E-state index in [0.717, 1.165) is 0 Å². The number of anilines is 1. The monoisotopic (exact) mass is 214 g/mol. The van der Waals surface area contributed by atoms with Crippen LogP contribution in [0.5, 0.6) is 0 Å². The van der Waals surface area contributed by atoms with Crippen molar-refractivity contribution in [1.82, 2.24) is 5.32 Å². The van der Waals surface area contributed by atoms with Crippen LogP contribution in [-0.2, 0) is 0 Å². The Morgan fingerprint density at radius 2 is 1.80 bits per heavy atom. The molecule has 0 spiro atoms. The third kappa shape index (κ3) is 2.50. The van der Waals surface area contributed by atoms with E-state index in [2.05, 4.69) is 0 Å². The minimum absolute atomic E-state index is 0.0797. The van der Waals surface area contributed by atoms with Gasteiger partial charge in [-0.25, -0.2) is 0 Å². The van der Waals surface area contributed by atoms with Crippen LogP contribution in [0.25, 0.3) is 0 Å². The molecule has 0 amide bonds. The summed E-state index contributed by atoms with van der Waals surface area (Å²) in [5.41, 5.74) is -0.0605. The fourth-order valence-corrected chi connectivity index (χ4v) is 1.15. The third-order valence-corrected chi connectivity index (χ3v) is 1.91. The van der Waals surface area contributed by atoms with Crippen LogP contribution in [0.3, 0.4) is 0 Å². The molecule has 80 valence electrons. The molecule has 0 radical (unpaired) electrons. The number of nitrogens with zero attached hydrogens (tertiary/aromatic N) is 1. The van der Waals surface area contributed by atoms with Crippen LogP contribution in [0, 0.1) is 0 Å². The molecule has 0 atom stereocenters. The van der Waals surface area contributed by atoms with E-state index >= 15 is 0 Å². The molecular formula is C10H15BN2O2. The molecule has 1 aromatic carbocycles. The summed E-state index contributed by atoms with van der Waals surface area (Å²) in [4.78, 5) is 0.379. The van der Waals surface area contributed by atoms with E-state index in [4.69, 9.17) is 21.0 Å². The number of nitrogens with one attached hydrogen (secondary N) is 1. The molecule has 3 N–H and O–H groups in total. The van der Waals surface area contributed by atoms with Gasteiger partial charge in [0.25, 0.3) is 0 Å². The van der Waals surface area contributed by atoms with E-state index in [-0.39, 0.29) is 11.2 Å². The molecular weight excluding hydrogens is 191 g/mol. The van der Waals surface area contributed by atoms with Gasteiger partial charge in [-0.2, -0.15) is 0 Å². The van der Waals surface area contributed by atoms with Gasteiger partial charge in [-0.15, -0.1) is 0 Å². The van der Waals surface area contributed by atoms with Crippen molar-refractivity contribution < 1.29 is 21.0 Å². The fraction of sp³-hybridized carbons (Fsp3) is 0.400. The summed E-state index contributed by atoms with van der Waals surface area (Å²) in [6, 6.07) is 4.75. The zero-order chi connectivity index (χ0) is 17.8. The van der Waals surface area contributed by atoms with E-state index in [1.54, 1.807) is 5.32 Å². The lowest BCUT2D eigenvalue weighted by molar-refractivity contribution is 0.426. The maximum absolute atomic E-state index is 9.06. The highest BCUT2D eigenvalue weighted by Crippen LogP contribution is 2.12. The minimum Gasteiger partial charge on any atom is -0.423 e. The lowest BCUT2D eigenvalue weighted by Crippen LogP contribution is -2.43. The molecule has 2 rings (SSSR count). The standard InChI is InChI=1S/C10H15BN2O2/c14-11(15)9-1-3-10(4-2-9)13-7-5-12-6-8-13/h1-4,12,14-15H,5-8H2/i5D2,6D2,7D2,8D2. The second kappa shape index (κ2) is 4.66. The van der Waals surface area contributed by atoms with Crippen molar-refractivity contribution in [2.75, 3.05) is 30.9 Å². The molecule has 1 fully saturated rings. The van der Waals surface area contributed by atoms with Gasteiger partial charge in [0.05, 0.1) is 5.48 Å². The lowest BCUT2D eigenvalue weighted by atomic mass is 9.80. The van der Waals surface area contributed by atoms with Gasteiger partial charge >= 0.3 is 7.12 Å². The molecule has 0 aromatic heterocycles. The number of benzene rings is 1. The first-order valence-electron chi connectivity index (χ1n) is 8.30. The van der Waals surface area contributed by atoms with E-state index in [0.29, 0.717) is 4.90 Å². The topological polar surface area (TPSA) is 55.7 Å². The molecule has 1 saturated heterocycles. The van der Waals surface area contributed by atoms with Crippen LogP contribution < -0.4 is 15.7 Å².